The number of nitrogens with zero attached hydrogens (tertiary/aromatic N) is 5. The lowest BCUT2D eigenvalue weighted by Gasteiger charge is -2.11. The topological polar surface area (TPSA) is 125 Å². The first-order valence-corrected chi connectivity index (χ1v) is 8.11. The van der Waals surface area contributed by atoms with Crippen molar-refractivity contribution in [3.63, 3.8) is 0 Å². The highest BCUT2D eigenvalue weighted by molar-refractivity contribution is 7.80. The molecule has 3 N–H and O–H groups in total. The van der Waals surface area contributed by atoms with Crippen LogP contribution in [0.4, 0.5) is 16.2 Å². The molecule has 0 aliphatic heterocycles. The SMILES string of the molecule is CN(O)C(=O)Nc1cccc(C(=O)Nc2cccc(-n3nnnc3S)c2)c1. The van der Waals surface area contributed by atoms with E-state index >= 15 is 0 Å². The smallest absolute Gasteiger partial charge is 0.322 e. The first-order chi connectivity index (χ1) is 12.9. The number of rotatable bonds is 4. The van der Waals surface area contributed by atoms with Gasteiger partial charge in [0.2, 0.25) is 5.16 Å². The van der Waals surface area contributed by atoms with Gasteiger partial charge in [-0.1, -0.05) is 12.1 Å². The lowest BCUT2D eigenvalue weighted by molar-refractivity contribution is -0.0118. The molecule has 0 atom stereocenters. The monoisotopic (exact) mass is 385 g/mol. The Balaban J connectivity index is 1.76. The number of anilines is 2. The van der Waals surface area contributed by atoms with Crippen molar-refractivity contribution in [1.82, 2.24) is 25.3 Å². The van der Waals surface area contributed by atoms with E-state index < -0.39 is 6.03 Å². The number of hydrogen-bond acceptors (Lipinski definition) is 7. The second kappa shape index (κ2) is 7.85. The molecule has 1 heterocycles. The molecule has 0 bridgehead atoms. The summed E-state index contributed by atoms with van der Waals surface area (Å²) in [6, 6.07) is 12.5. The van der Waals surface area contributed by atoms with E-state index in [0.717, 1.165) is 0 Å². The summed E-state index contributed by atoms with van der Waals surface area (Å²) in [6.07, 6.45) is 0. The molecule has 11 heteroatoms. The van der Waals surface area contributed by atoms with Crippen molar-refractivity contribution in [3.05, 3.63) is 54.1 Å². The van der Waals surface area contributed by atoms with Crippen molar-refractivity contribution in [2.45, 2.75) is 5.16 Å². The van der Waals surface area contributed by atoms with Gasteiger partial charge in [0.05, 0.1) is 5.69 Å². The number of aromatic nitrogens is 4. The third-order valence-electron chi connectivity index (χ3n) is 3.47. The Labute approximate surface area is 159 Å². The number of thiol groups is 1. The van der Waals surface area contributed by atoms with Crippen molar-refractivity contribution < 1.29 is 14.8 Å². The van der Waals surface area contributed by atoms with Crippen LogP contribution < -0.4 is 10.6 Å². The van der Waals surface area contributed by atoms with Crippen LogP contribution >= 0.6 is 12.6 Å². The molecule has 3 amide bonds. The van der Waals surface area contributed by atoms with E-state index in [-0.39, 0.29) is 5.91 Å². The zero-order chi connectivity index (χ0) is 19.4. The zero-order valence-electron chi connectivity index (χ0n) is 14.1. The number of hydroxylamine groups is 2. The summed E-state index contributed by atoms with van der Waals surface area (Å²) in [5.41, 5.74) is 1.87. The molecule has 0 unspecified atom stereocenters. The summed E-state index contributed by atoms with van der Waals surface area (Å²) in [5.74, 6) is -0.372. The van der Waals surface area contributed by atoms with Gasteiger partial charge in [-0.3, -0.25) is 10.0 Å². The summed E-state index contributed by atoms with van der Waals surface area (Å²) in [6.45, 7) is 0. The molecule has 3 aromatic rings. The van der Waals surface area contributed by atoms with E-state index in [2.05, 4.69) is 38.8 Å². The van der Waals surface area contributed by atoms with Crippen LogP contribution in [0.5, 0.6) is 0 Å². The van der Waals surface area contributed by atoms with Crippen molar-refractivity contribution in [3.8, 4) is 5.69 Å². The molecule has 3 rings (SSSR count). The number of carbonyl (C=O) groups is 2. The molecule has 0 radical (unpaired) electrons. The molecule has 1 aromatic heterocycles. The van der Waals surface area contributed by atoms with Gasteiger partial charge in [0.15, 0.2) is 0 Å². The Morgan fingerprint density at radius 1 is 1.11 bits per heavy atom. The second-order valence-electron chi connectivity index (χ2n) is 5.43. The van der Waals surface area contributed by atoms with Gasteiger partial charge in [0, 0.05) is 24.0 Å². The summed E-state index contributed by atoms with van der Waals surface area (Å²) in [7, 11) is 1.19. The fourth-order valence-corrected chi connectivity index (χ4v) is 2.41. The summed E-state index contributed by atoms with van der Waals surface area (Å²) in [4.78, 5) is 24.0. The maximum absolute atomic E-state index is 12.5. The lowest BCUT2D eigenvalue weighted by Crippen LogP contribution is -2.28. The maximum atomic E-state index is 12.5. The number of urea groups is 1. The third-order valence-corrected chi connectivity index (χ3v) is 3.75. The number of amides is 3. The van der Waals surface area contributed by atoms with Gasteiger partial charge in [0.1, 0.15) is 0 Å². The van der Waals surface area contributed by atoms with Crippen molar-refractivity contribution in [2.24, 2.45) is 0 Å². The minimum Gasteiger partial charge on any atom is -0.322 e. The van der Waals surface area contributed by atoms with E-state index in [1.54, 1.807) is 42.5 Å². The van der Waals surface area contributed by atoms with Gasteiger partial charge < -0.3 is 10.6 Å². The highest BCUT2D eigenvalue weighted by atomic mass is 32.1. The van der Waals surface area contributed by atoms with E-state index in [0.29, 0.717) is 32.8 Å². The molecule has 0 fully saturated rings. The maximum Gasteiger partial charge on any atom is 0.345 e. The first kappa shape index (κ1) is 18.4. The molecule has 138 valence electrons. The molecule has 0 aliphatic carbocycles. The number of benzene rings is 2. The highest BCUT2D eigenvalue weighted by Crippen LogP contribution is 2.18. The average Bonchev–Trinajstić information content (AvgIpc) is 3.08. The van der Waals surface area contributed by atoms with Crippen LogP contribution in [0, 0.1) is 0 Å². The predicted octanol–water partition coefficient (Wildman–Crippen LogP) is 2.06. The minimum absolute atomic E-state index is 0.316. The summed E-state index contributed by atoms with van der Waals surface area (Å²) in [5, 5.41) is 26.1. The average molecular weight is 385 g/mol. The Morgan fingerprint density at radius 2 is 1.81 bits per heavy atom. The van der Waals surface area contributed by atoms with Crippen molar-refractivity contribution in [1.29, 1.82) is 0 Å². The number of carbonyl (C=O) groups excluding carboxylic acids is 2. The first-order valence-electron chi connectivity index (χ1n) is 7.67. The largest absolute Gasteiger partial charge is 0.345 e. The van der Waals surface area contributed by atoms with Gasteiger partial charge in [-0.05, 0) is 46.8 Å². The van der Waals surface area contributed by atoms with Gasteiger partial charge in [0.25, 0.3) is 5.91 Å². The van der Waals surface area contributed by atoms with Crippen LogP contribution in [-0.2, 0) is 0 Å². The quantitative estimate of drug-likeness (QED) is 0.309. The molecule has 0 spiro atoms. The standard InChI is InChI=1S/C16H15N7O3S/c1-22(26)15(25)18-11-5-2-4-10(8-11)14(24)17-12-6-3-7-13(9-12)23-16(27)19-20-21-23/h2-9,26H,1H3,(H,17,24)(H,18,25)(H,19,21,27). The fraction of sp³-hybridized carbons (Fsp3) is 0.0625. The molecule has 0 saturated carbocycles. The molecule has 2 aromatic carbocycles. The number of tetrazole rings is 1. The fourth-order valence-electron chi connectivity index (χ4n) is 2.21. The molecule has 0 saturated heterocycles. The van der Waals surface area contributed by atoms with Crippen LogP contribution in [0.3, 0.4) is 0 Å². The van der Waals surface area contributed by atoms with E-state index in [4.69, 9.17) is 5.21 Å². The van der Waals surface area contributed by atoms with Gasteiger partial charge >= 0.3 is 6.03 Å². The van der Waals surface area contributed by atoms with E-state index in [9.17, 15) is 9.59 Å². The predicted molar refractivity (Wildman–Crippen MR) is 99.4 cm³/mol. The lowest BCUT2D eigenvalue weighted by atomic mass is 10.2. The summed E-state index contributed by atoms with van der Waals surface area (Å²) >= 11 is 4.16. The highest BCUT2D eigenvalue weighted by Gasteiger charge is 2.11. The summed E-state index contributed by atoms with van der Waals surface area (Å²) < 4.78 is 1.42. The number of nitrogens with one attached hydrogen (secondary N) is 2. The number of hydrogen-bond donors (Lipinski definition) is 4. The van der Waals surface area contributed by atoms with Crippen LogP contribution in [0.2, 0.25) is 0 Å². The zero-order valence-corrected chi connectivity index (χ0v) is 15.0. The normalized spacial score (nSPS) is 10.3. The van der Waals surface area contributed by atoms with Crippen LogP contribution in [0.15, 0.2) is 53.7 Å². The minimum atomic E-state index is -0.718. The Bertz CT molecular complexity index is 989. The molecule has 0 aliphatic rings. The van der Waals surface area contributed by atoms with Crippen LogP contribution in [-0.4, -0.2) is 49.5 Å². The van der Waals surface area contributed by atoms with Crippen LogP contribution in [0.1, 0.15) is 10.4 Å². The van der Waals surface area contributed by atoms with Crippen molar-refractivity contribution in [2.75, 3.05) is 17.7 Å². The Hall–Kier alpha value is -3.44. The van der Waals surface area contributed by atoms with Gasteiger partial charge in [-0.15, -0.1) is 17.7 Å². The Morgan fingerprint density at radius 3 is 2.48 bits per heavy atom. The van der Waals surface area contributed by atoms with E-state index in [1.165, 1.54) is 17.8 Å². The van der Waals surface area contributed by atoms with Gasteiger partial charge in [-0.2, -0.15) is 4.68 Å². The molecular weight excluding hydrogens is 370 g/mol. The Kier molecular flexibility index (Phi) is 5.33. The second-order valence-corrected chi connectivity index (χ2v) is 5.83. The molecular formula is C16H15N7O3S. The third kappa shape index (κ3) is 4.40. The van der Waals surface area contributed by atoms with Gasteiger partial charge in [-0.25, -0.2) is 9.86 Å². The van der Waals surface area contributed by atoms with Crippen molar-refractivity contribution >= 4 is 35.9 Å². The molecule has 27 heavy (non-hydrogen) atoms. The van der Waals surface area contributed by atoms with Crippen LogP contribution in [0.25, 0.3) is 5.69 Å². The molecule has 10 nitrogen and oxygen atoms in total. The van der Waals surface area contributed by atoms with E-state index in [1.807, 2.05) is 0 Å².